The Labute approximate surface area is 342 Å². The fourth-order valence-corrected chi connectivity index (χ4v) is 7.33. The first kappa shape index (κ1) is 53.4. The molecule has 0 saturated heterocycles. The van der Waals surface area contributed by atoms with Gasteiger partial charge in [0.05, 0.1) is 0 Å². The van der Waals surface area contributed by atoms with E-state index in [0.717, 1.165) is 63.7 Å². The van der Waals surface area contributed by atoms with Crippen molar-refractivity contribution >= 4 is 17.9 Å². The first-order chi connectivity index (χ1) is 26.9. The van der Waals surface area contributed by atoms with Crippen molar-refractivity contribution in [3.05, 3.63) is 0 Å². The third-order valence-electron chi connectivity index (χ3n) is 11.0. The van der Waals surface area contributed by atoms with Gasteiger partial charge >= 0.3 is 17.9 Å². The van der Waals surface area contributed by atoms with Gasteiger partial charge in [-0.05, 0) is 25.2 Å². The van der Waals surface area contributed by atoms with Crippen molar-refractivity contribution in [2.24, 2.45) is 5.92 Å². The van der Waals surface area contributed by atoms with Crippen LogP contribution in [0.2, 0.25) is 0 Å². The van der Waals surface area contributed by atoms with Gasteiger partial charge in [0.25, 0.3) is 0 Å². The molecule has 0 radical (unpaired) electrons. The topological polar surface area (TPSA) is 78.9 Å². The maximum atomic E-state index is 12.7. The fourth-order valence-electron chi connectivity index (χ4n) is 7.33. The Bertz CT molecular complexity index is 826. The Hall–Kier alpha value is -1.59. The molecule has 6 nitrogen and oxygen atoms in total. The highest BCUT2D eigenvalue weighted by molar-refractivity contribution is 5.71. The van der Waals surface area contributed by atoms with Gasteiger partial charge < -0.3 is 14.2 Å². The summed E-state index contributed by atoms with van der Waals surface area (Å²) in [5.74, 6) is -0.0425. The van der Waals surface area contributed by atoms with Gasteiger partial charge in [-0.15, -0.1) is 0 Å². The second kappa shape index (κ2) is 43.5. The standard InChI is InChI=1S/C49H94O6/c1-5-7-9-11-13-15-17-18-19-20-21-25-28-32-36-40-47(50)53-43-46(55-49(52)42-38-34-30-24-16-14-12-10-8-6-2)44-54-48(51)41-37-33-29-26-22-23-27-31-35-39-45(3)4/h45-46H,5-44H2,1-4H3/t46-/m0/s1. The predicted octanol–water partition coefficient (Wildman–Crippen LogP) is 15.5. The molecule has 0 aromatic carbocycles. The molecule has 0 fully saturated rings. The lowest BCUT2D eigenvalue weighted by Gasteiger charge is -2.18. The van der Waals surface area contributed by atoms with Crippen molar-refractivity contribution in [2.45, 2.75) is 278 Å². The summed E-state index contributed by atoms with van der Waals surface area (Å²) in [5.41, 5.74) is 0. The van der Waals surface area contributed by atoms with Crippen LogP contribution in [-0.4, -0.2) is 37.2 Å². The third-order valence-corrected chi connectivity index (χ3v) is 11.0. The van der Waals surface area contributed by atoms with Crippen LogP contribution in [0.3, 0.4) is 0 Å². The van der Waals surface area contributed by atoms with E-state index >= 15 is 0 Å². The highest BCUT2D eigenvalue weighted by Gasteiger charge is 2.19. The number of ether oxygens (including phenoxy) is 3. The zero-order chi connectivity index (χ0) is 40.3. The van der Waals surface area contributed by atoms with Crippen molar-refractivity contribution in [3.63, 3.8) is 0 Å². The van der Waals surface area contributed by atoms with Crippen LogP contribution >= 0.6 is 0 Å². The molecular formula is C49H94O6. The van der Waals surface area contributed by atoms with E-state index in [1.165, 1.54) is 167 Å². The van der Waals surface area contributed by atoms with Crippen LogP contribution in [-0.2, 0) is 28.6 Å². The second-order valence-corrected chi connectivity index (χ2v) is 17.2. The molecule has 0 N–H and O–H groups in total. The summed E-state index contributed by atoms with van der Waals surface area (Å²) in [7, 11) is 0. The normalized spacial score (nSPS) is 11.9. The Kier molecular flexibility index (Phi) is 42.3. The first-order valence-corrected chi connectivity index (χ1v) is 24.4. The lowest BCUT2D eigenvalue weighted by molar-refractivity contribution is -0.167. The van der Waals surface area contributed by atoms with Crippen LogP contribution in [0.5, 0.6) is 0 Å². The van der Waals surface area contributed by atoms with Gasteiger partial charge in [0.15, 0.2) is 6.10 Å². The number of esters is 3. The van der Waals surface area contributed by atoms with E-state index in [2.05, 4.69) is 27.7 Å². The molecule has 0 rings (SSSR count). The molecule has 1 atom stereocenters. The van der Waals surface area contributed by atoms with E-state index in [9.17, 15) is 14.4 Å². The number of carbonyl (C=O) groups excluding carboxylic acids is 3. The van der Waals surface area contributed by atoms with Crippen LogP contribution in [0.1, 0.15) is 272 Å². The average Bonchev–Trinajstić information content (AvgIpc) is 3.17. The summed E-state index contributed by atoms with van der Waals surface area (Å²) >= 11 is 0. The zero-order valence-electron chi connectivity index (χ0n) is 37.4. The molecule has 326 valence electrons. The van der Waals surface area contributed by atoms with Crippen molar-refractivity contribution < 1.29 is 28.6 Å². The van der Waals surface area contributed by atoms with Crippen molar-refractivity contribution in [1.29, 1.82) is 0 Å². The van der Waals surface area contributed by atoms with Gasteiger partial charge in [-0.2, -0.15) is 0 Å². The van der Waals surface area contributed by atoms with Gasteiger partial charge in [-0.25, -0.2) is 0 Å². The summed E-state index contributed by atoms with van der Waals surface area (Å²) in [4.78, 5) is 37.8. The van der Waals surface area contributed by atoms with Gasteiger partial charge in [-0.3, -0.25) is 14.4 Å². The molecule has 0 aliphatic rings. The molecule has 0 saturated carbocycles. The molecule has 6 heteroatoms. The molecule has 0 bridgehead atoms. The van der Waals surface area contributed by atoms with Crippen molar-refractivity contribution in [2.75, 3.05) is 13.2 Å². The van der Waals surface area contributed by atoms with E-state index in [0.29, 0.717) is 19.3 Å². The van der Waals surface area contributed by atoms with E-state index in [1.807, 2.05) is 0 Å². The minimum Gasteiger partial charge on any atom is -0.462 e. The predicted molar refractivity (Wildman–Crippen MR) is 233 cm³/mol. The van der Waals surface area contributed by atoms with Crippen molar-refractivity contribution in [1.82, 2.24) is 0 Å². The fraction of sp³-hybridized carbons (Fsp3) is 0.939. The molecule has 0 amide bonds. The molecule has 0 heterocycles. The average molecular weight is 779 g/mol. The highest BCUT2D eigenvalue weighted by atomic mass is 16.6. The summed E-state index contributed by atoms with van der Waals surface area (Å²) in [6.45, 7) is 8.98. The van der Waals surface area contributed by atoms with Crippen molar-refractivity contribution in [3.8, 4) is 0 Å². The Morgan fingerprint density at radius 3 is 0.891 bits per heavy atom. The molecule has 0 unspecified atom stereocenters. The smallest absolute Gasteiger partial charge is 0.306 e. The Morgan fingerprint density at radius 2 is 0.600 bits per heavy atom. The lowest BCUT2D eigenvalue weighted by Crippen LogP contribution is -2.30. The summed E-state index contributed by atoms with van der Waals surface area (Å²) in [6.07, 6.45) is 43.7. The third kappa shape index (κ3) is 43.4. The quantitative estimate of drug-likeness (QED) is 0.0348. The maximum absolute atomic E-state index is 12.7. The summed E-state index contributed by atoms with van der Waals surface area (Å²) < 4.78 is 16.7. The Balaban J connectivity index is 4.28. The molecule has 0 aliphatic heterocycles. The van der Waals surface area contributed by atoms with E-state index in [4.69, 9.17) is 14.2 Å². The van der Waals surface area contributed by atoms with Crippen LogP contribution in [0, 0.1) is 5.92 Å². The van der Waals surface area contributed by atoms with E-state index < -0.39 is 6.10 Å². The SMILES string of the molecule is CCCCCCCCCCCCCCCCCC(=O)OC[C@@H](COC(=O)CCCCCCCCCCCC(C)C)OC(=O)CCCCCCCCCCCC. The van der Waals surface area contributed by atoms with E-state index in [-0.39, 0.29) is 31.1 Å². The molecule has 0 aromatic heterocycles. The minimum atomic E-state index is -0.759. The van der Waals surface area contributed by atoms with Gasteiger partial charge in [0.1, 0.15) is 13.2 Å². The van der Waals surface area contributed by atoms with Crippen LogP contribution in [0.15, 0.2) is 0 Å². The van der Waals surface area contributed by atoms with Gasteiger partial charge in [0.2, 0.25) is 0 Å². The number of rotatable bonds is 44. The van der Waals surface area contributed by atoms with Crippen LogP contribution in [0.4, 0.5) is 0 Å². The summed E-state index contributed by atoms with van der Waals surface area (Å²) in [6, 6.07) is 0. The number of unbranched alkanes of at least 4 members (excludes halogenated alkanes) is 31. The number of hydrogen-bond acceptors (Lipinski definition) is 6. The van der Waals surface area contributed by atoms with E-state index in [1.54, 1.807) is 0 Å². The molecule has 0 spiro atoms. The maximum Gasteiger partial charge on any atom is 0.306 e. The largest absolute Gasteiger partial charge is 0.462 e. The zero-order valence-corrected chi connectivity index (χ0v) is 37.4. The minimum absolute atomic E-state index is 0.0634. The number of hydrogen-bond donors (Lipinski definition) is 0. The molecule has 55 heavy (non-hydrogen) atoms. The second-order valence-electron chi connectivity index (χ2n) is 17.2. The first-order valence-electron chi connectivity index (χ1n) is 24.4. The van der Waals surface area contributed by atoms with Crippen LogP contribution in [0.25, 0.3) is 0 Å². The Morgan fingerprint density at radius 1 is 0.345 bits per heavy atom. The molecule has 0 aliphatic carbocycles. The highest BCUT2D eigenvalue weighted by Crippen LogP contribution is 2.16. The lowest BCUT2D eigenvalue weighted by atomic mass is 10.0. The summed E-state index contributed by atoms with van der Waals surface area (Å²) in [5, 5.41) is 0. The van der Waals surface area contributed by atoms with Crippen LogP contribution < -0.4 is 0 Å². The molecular weight excluding hydrogens is 685 g/mol. The van der Waals surface area contributed by atoms with Gasteiger partial charge in [0, 0.05) is 19.3 Å². The van der Waals surface area contributed by atoms with Gasteiger partial charge in [-0.1, -0.05) is 233 Å². The molecule has 0 aromatic rings. The number of carbonyl (C=O) groups is 3. The monoisotopic (exact) mass is 779 g/mol.